The summed E-state index contributed by atoms with van der Waals surface area (Å²) in [6.45, 7) is 4.32. The molecule has 2 rings (SSSR count). The highest BCUT2D eigenvalue weighted by atomic mass is 32.2. The number of para-hydroxylation sites is 1. The lowest BCUT2D eigenvalue weighted by Crippen LogP contribution is -2.32. The first-order chi connectivity index (χ1) is 13.9. The highest BCUT2D eigenvalue weighted by molar-refractivity contribution is 7.88. The zero-order valence-electron chi connectivity index (χ0n) is 16.8. The highest BCUT2D eigenvalue weighted by Gasteiger charge is 2.15. The van der Waals surface area contributed by atoms with Gasteiger partial charge < -0.3 is 14.8 Å². The normalized spacial score (nSPS) is 11.4. The van der Waals surface area contributed by atoms with Crippen LogP contribution >= 0.6 is 0 Å². The molecule has 0 unspecified atom stereocenters. The number of benzene rings is 2. The fraction of sp³-hybridized carbons (Fsp3) is 0.381. The molecule has 0 radical (unpaired) electrons. The quantitative estimate of drug-likeness (QED) is 0.514. The molecule has 0 saturated heterocycles. The van der Waals surface area contributed by atoms with Crippen LogP contribution in [0.1, 0.15) is 25.0 Å². The molecule has 0 aromatic heterocycles. The Labute approximate surface area is 172 Å². The van der Waals surface area contributed by atoms with Crippen LogP contribution in [0, 0.1) is 0 Å². The smallest absolute Gasteiger partial charge is 0.246 e. The molecule has 2 N–H and O–H groups in total. The minimum absolute atomic E-state index is 0.0898. The van der Waals surface area contributed by atoms with Crippen molar-refractivity contribution in [1.82, 2.24) is 10.0 Å². The van der Waals surface area contributed by atoms with Gasteiger partial charge in [-0.3, -0.25) is 4.79 Å². The third kappa shape index (κ3) is 9.08. The lowest BCUT2D eigenvalue weighted by Gasteiger charge is -2.13. The van der Waals surface area contributed by atoms with Crippen LogP contribution in [-0.4, -0.2) is 40.2 Å². The molecule has 8 heteroatoms. The van der Waals surface area contributed by atoms with Gasteiger partial charge in [-0.15, -0.1) is 0 Å². The van der Waals surface area contributed by atoms with E-state index in [-0.39, 0.29) is 37.5 Å². The van der Waals surface area contributed by atoms with Gasteiger partial charge in [0.25, 0.3) is 0 Å². The van der Waals surface area contributed by atoms with Gasteiger partial charge in [0.05, 0.1) is 12.4 Å². The molecule has 0 saturated carbocycles. The number of amides is 1. The van der Waals surface area contributed by atoms with Crippen LogP contribution in [0.2, 0.25) is 0 Å². The first kappa shape index (κ1) is 22.9. The van der Waals surface area contributed by atoms with E-state index in [2.05, 4.69) is 10.0 Å². The van der Waals surface area contributed by atoms with Gasteiger partial charge in [-0.25, -0.2) is 13.1 Å². The summed E-state index contributed by atoms with van der Waals surface area (Å²) in [5.41, 5.74) is 1.40. The summed E-state index contributed by atoms with van der Waals surface area (Å²) >= 11 is 0. The Hall–Kier alpha value is -2.42. The van der Waals surface area contributed by atoms with Crippen LogP contribution in [0.15, 0.2) is 54.6 Å². The molecule has 0 bridgehead atoms. The molecule has 7 nitrogen and oxygen atoms in total. The lowest BCUT2D eigenvalue weighted by molar-refractivity contribution is -0.126. The maximum absolute atomic E-state index is 12.2. The van der Waals surface area contributed by atoms with Gasteiger partial charge in [0.15, 0.2) is 0 Å². The fourth-order valence-electron chi connectivity index (χ4n) is 2.62. The standard InChI is InChI=1S/C21H28N2O5S/c1-17(2)23-29(25,26)16-19-9-7-6-8-18(19)14-22-21(24)15-27-12-13-28-20-10-4-3-5-11-20/h3-11,17,23H,12-16H2,1-2H3,(H,22,24). The van der Waals surface area contributed by atoms with Gasteiger partial charge in [-0.1, -0.05) is 42.5 Å². The maximum atomic E-state index is 12.2. The number of carbonyl (C=O) groups is 1. The first-order valence-electron chi connectivity index (χ1n) is 9.45. The average molecular weight is 421 g/mol. The number of sulfonamides is 1. The molecule has 0 aliphatic rings. The number of carbonyl (C=O) groups excluding carboxylic acids is 1. The largest absolute Gasteiger partial charge is 0.491 e. The Morgan fingerprint density at radius 1 is 0.966 bits per heavy atom. The SMILES string of the molecule is CC(C)NS(=O)(=O)Cc1ccccc1CNC(=O)COCCOc1ccccc1. The Morgan fingerprint density at radius 3 is 2.31 bits per heavy atom. The van der Waals surface area contributed by atoms with Gasteiger partial charge in [0.1, 0.15) is 19.0 Å². The summed E-state index contributed by atoms with van der Waals surface area (Å²) in [5, 5.41) is 2.75. The molecule has 0 spiro atoms. The summed E-state index contributed by atoms with van der Waals surface area (Å²) in [6, 6.07) is 16.3. The molecular weight excluding hydrogens is 392 g/mol. The van der Waals surface area contributed by atoms with Crippen molar-refractivity contribution in [3.8, 4) is 5.75 Å². The molecule has 29 heavy (non-hydrogen) atoms. The lowest BCUT2D eigenvalue weighted by atomic mass is 10.1. The third-order valence-electron chi connectivity index (χ3n) is 3.83. The third-order valence-corrected chi connectivity index (χ3v) is 5.35. The molecule has 2 aromatic carbocycles. The van der Waals surface area contributed by atoms with Crippen molar-refractivity contribution < 1.29 is 22.7 Å². The topological polar surface area (TPSA) is 93.7 Å². The van der Waals surface area contributed by atoms with Gasteiger partial charge in [0, 0.05) is 12.6 Å². The van der Waals surface area contributed by atoms with Crippen molar-refractivity contribution in [1.29, 1.82) is 0 Å². The second-order valence-electron chi connectivity index (χ2n) is 6.79. The van der Waals surface area contributed by atoms with Crippen molar-refractivity contribution >= 4 is 15.9 Å². The van der Waals surface area contributed by atoms with Crippen LogP contribution in [0.5, 0.6) is 5.75 Å². The van der Waals surface area contributed by atoms with E-state index in [4.69, 9.17) is 9.47 Å². The van der Waals surface area contributed by atoms with E-state index < -0.39 is 10.0 Å². The number of hydrogen-bond acceptors (Lipinski definition) is 5. The molecule has 1 amide bonds. The monoisotopic (exact) mass is 420 g/mol. The Balaban J connectivity index is 1.74. The van der Waals surface area contributed by atoms with E-state index in [0.717, 1.165) is 11.3 Å². The molecular formula is C21H28N2O5S. The minimum Gasteiger partial charge on any atom is -0.491 e. The highest BCUT2D eigenvalue weighted by Crippen LogP contribution is 2.12. The van der Waals surface area contributed by atoms with Crippen LogP contribution in [-0.2, 0) is 31.9 Å². The van der Waals surface area contributed by atoms with E-state index in [1.54, 1.807) is 32.0 Å². The summed E-state index contributed by atoms with van der Waals surface area (Å²) in [7, 11) is -3.44. The van der Waals surface area contributed by atoms with Crippen LogP contribution < -0.4 is 14.8 Å². The van der Waals surface area contributed by atoms with Crippen molar-refractivity contribution in [2.24, 2.45) is 0 Å². The average Bonchev–Trinajstić information content (AvgIpc) is 2.66. The van der Waals surface area contributed by atoms with E-state index >= 15 is 0 Å². The van der Waals surface area contributed by atoms with Crippen molar-refractivity contribution in [3.05, 3.63) is 65.7 Å². The Morgan fingerprint density at radius 2 is 1.62 bits per heavy atom. The van der Waals surface area contributed by atoms with Crippen LogP contribution in [0.3, 0.4) is 0 Å². The molecule has 0 fully saturated rings. The molecule has 158 valence electrons. The Kier molecular flexibility index (Phi) is 9.11. The second-order valence-corrected chi connectivity index (χ2v) is 8.55. The summed E-state index contributed by atoms with van der Waals surface area (Å²) < 4.78 is 37.7. The van der Waals surface area contributed by atoms with E-state index in [1.807, 2.05) is 36.4 Å². The zero-order valence-corrected chi connectivity index (χ0v) is 17.6. The molecule has 2 aromatic rings. The molecule has 0 atom stereocenters. The van der Waals surface area contributed by atoms with Crippen LogP contribution in [0.25, 0.3) is 0 Å². The maximum Gasteiger partial charge on any atom is 0.246 e. The van der Waals surface area contributed by atoms with Crippen molar-refractivity contribution in [2.45, 2.75) is 32.2 Å². The van der Waals surface area contributed by atoms with Crippen molar-refractivity contribution in [2.75, 3.05) is 19.8 Å². The predicted molar refractivity (Wildman–Crippen MR) is 112 cm³/mol. The predicted octanol–water partition coefficient (Wildman–Crippen LogP) is 2.23. The second kappa shape index (κ2) is 11.5. The van der Waals surface area contributed by atoms with Crippen LogP contribution in [0.4, 0.5) is 0 Å². The number of rotatable bonds is 12. The van der Waals surface area contributed by atoms with E-state index in [0.29, 0.717) is 12.2 Å². The molecule has 0 aliphatic heterocycles. The number of nitrogens with one attached hydrogen (secondary N) is 2. The molecule has 0 heterocycles. The Bertz CT molecular complexity index is 870. The summed E-state index contributed by atoms with van der Waals surface area (Å²) in [5.74, 6) is 0.339. The first-order valence-corrected chi connectivity index (χ1v) is 11.1. The summed E-state index contributed by atoms with van der Waals surface area (Å²) in [4.78, 5) is 12.0. The molecule has 0 aliphatic carbocycles. The number of hydrogen-bond donors (Lipinski definition) is 2. The minimum atomic E-state index is -3.44. The van der Waals surface area contributed by atoms with Crippen molar-refractivity contribution in [3.63, 3.8) is 0 Å². The number of ether oxygens (including phenoxy) is 2. The van der Waals surface area contributed by atoms with Gasteiger partial charge >= 0.3 is 0 Å². The van der Waals surface area contributed by atoms with Gasteiger partial charge in [-0.05, 0) is 37.1 Å². The zero-order chi connectivity index (χ0) is 21.1. The van der Waals surface area contributed by atoms with Gasteiger partial charge in [-0.2, -0.15) is 0 Å². The van der Waals surface area contributed by atoms with E-state index in [9.17, 15) is 13.2 Å². The summed E-state index contributed by atoms with van der Waals surface area (Å²) in [6.07, 6.45) is 0. The van der Waals surface area contributed by atoms with Gasteiger partial charge in [0.2, 0.25) is 15.9 Å². The van der Waals surface area contributed by atoms with E-state index in [1.165, 1.54) is 0 Å². The fourth-order valence-corrected chi connectivity index (χ4v) is 4.11.